The zero-order valence-electron chi connectivity index (χ0n) is 7.84. The molecule has 5 heteroatoms. The van der Waals surface area contributed by atoms with Crippen LogP contribution in [-0.4, -0.2) is 34.5 Å². The molecule has 2 rings (SSSR count). The van der Waals surface area contributed by atoms with Crippen LogP contribution in [0.15, 0.2) is 0 Å². The number of ether oxygens (including phenoxy) is 1. The quantitative estimate of drug-likeness (QED) is 0.653. The molecule has 14 heavy (non-hydrogen) atoms. The fourth-order valence-corrected chi connectivity index (χ4v) is 2.61. The topological polar surface area (TPSA) is 29.5 Å². The molecule has 80 valence electrons. The van der Waals surface area contributed by atoms with E-state index >= 15 is 0 Å². The molecule has 1 aliphatic carbocycles. The highest BCUT2D eigenvalue weighted by Crippen LogP contribution is 2.40. The second-order valence-corrected chi connectivity index (χ2v) is 4.89. The average molecular weight is 238 g/mol. The van der Waals surface area contributed by atoms with Crippen LogP contribution in [0.1, 0.15) is 25.7 Å². The molecule has 0 aromatic rings. The van der Waals surface area contributed by atoms with E-state index in [-0.39, 0.29) is 11.6 Å². The Morgan fingerprint density at radius 2 is 2.00 bits per heavy atom. The summed E-state index contributed by atoms with van der Waals surface area (Å²) in [4.78, 5) is 12.4. The first-order valence-corrected chi connectivity index (χ1v) is 5.77. The van der Waals surface area contributed by atoms with Crippen LogP contribution in [0.25, 0.3) is 0 Å². The van der Waals surface area contributed by atoms with Crippen LogP contribution < -0.4 is 0 Å². The van der Waals surface area contributed by atoms with Gasteiger partial charge in [0, 0.05) is 6.54 Å². The van der Waals surface area contributed by atoms with E-state index in [1.807, 2.05) is 0 Å². The van der Waals surface area contributed by atoms with E-state index in [1.165, 1.54) is 0 Å². The number of hydrogen-bond acceptors (Lipinski definition) is 2. The van der Waals surface area contributed by atoms with E-state index in [4.69, 9.17) is 27.9 Å². The van der Waals surface area contributed by atoms with Crippen molar-refractivity contribution in [2.75, 3.05) is 13.2 Å². The summed E-state index contributed by atoms with van der Waals surface area (Å²) in [7, 11) is 0. The summed E-state index contributed by atoms with van der Waals surface area (Å²) in [5.74, 6) is -0.215. The normalized spacial score (nSPS) is 25.2. The van der Waals surface area contributed by atoms with Gasteiger partial charge in [0.25, 0.3) is 5.91 Å². The van der Waals surface area contributed by atoms with Crippen LogP contribution in [0.5, 0.6) is 0 Å². The number of hydrogen-bond donors (Lipinski definition) is 0. The Bertz CT molecular complexity index is 233. The monoisotopic (exact) mass is 237 g/mol. The maximum atomic E-state index is 11.7. The van der Waals surface area contributed by atoms with Crippen molar-refractivity contribution in [1.29, 1.82) is 0 Å². The van der Waals surface area contributed by atoms with Gasteiger partial charge >= 0.3 is 0 Å². The molecule has 0 aromatic carbocycles. The minimum absolute atomic E-state index is 0.215. The van der Waals surface area contributed by atoms with Gasteiger partial charge in [-0.2, -0.15) is 0 Å². The van der Waals surface area contributed by atoms with Crippen LogP contribution in [0.3, 0.4) is 0 Å². The van der Waals surface area contributed by atoms with E-state index < -0.39 is 4.84 Å². The molecule has 1 spiro atoms. The third kappa shape index (κ3) is 1.62. The molecule has 0 atom stereocenters. The molecular formula is C9H13Cl2NO2. The fraction of sp³-hybridized carbons (Fsp3) is 0.889. The predicted molar refractivity (Wildman–Crippen MR) is 54.4 cm³/mol. The molecule has 0 unspecified atom stereocenters. The zero-order chi connectivity index (χ0) is 10.2. The Morgan fingerprint density at radius 1 is 1.36 bits per heavy atom. The van der Waals surface area contributed by atoms with Crippen molar-refractivity contribution in [3.8, 4) is 0 Å². The summed E-state index contributed by atoms with van der Waals surface area (Å²) in [6.07, 6.45) is 4.05. The SMILES string of the molecule is O=C(C(Cl)Cl)N1CCOC12CCCC2. The van der Waals surface area contributed by atoms with Crippen molar-refractivity contribution in [3.63, 3.8) is 0 Å². The Hall–Kier alpha value is 0.01000. The van der Waals surface area contributed by atoms with Gasteiger partial charge in [0.2, 0.25) is 0 Å². The van der Waals surface area contributed by atoms with Crippen LogP contribution >= 0.6 is 23.2 Å². The predicted octanol–water partition coefficient (Wildman–Crippen LogP) is 1.92. The summed E-state index contributed by atoms with van der Waals surface area (Å²) in [5.41, 5.74) is -0.376. The standard InChI is InChI=1S/C9H13Cl2NO2/c10-7(11)8(13)12-5-6-14-9(12)3-1-2-4-9/h7H,1-6H2. The van der Waals surface area contributed by atoms with Gasteiger partial charge < -0.3 is 9.64 Å². The number of rotatable bonds is 1. The van der Waals surface area contributed by atoms with Crippen molar-refractivity contribution in [3.05, 3.63) is 0 Å². The van der Waals surface area contributed by atoms with Gasteiger partial charge in [-0.25, -0.2) is 0 Å². The van der Waals surface area contributed by atoms with Gasteiger partial charge in [-0.15, -0.1) is 0 Å². The molecule has 2 aliphatic rings. The molecule has 0 aromatic heterocycles. The molecule has 1 heterocycles. The molecular weight excluding hydrogens is 225 g/mol. The molecule has 0 bridgehead atoms. The fourth-order valence-electron chi connectivity index (χ4n) is 2.38. The highest BCUT2D eigenvalue weighted by molar-refractivity contribution is 6.53. The lowest BCUT2D eigenvalue weighted by Crippen LogP contribution is -2.48. The molecule has 1 amide bonds. The number of alkyl halides is 2. The first-order chi connectivity index (χ1) is 6.66. The van der Waals surface area contributed by atoms with Crippen LogP contribution in [-0.2, 0) is 9.53 Å². The molecule has 1 aliphatic heterocycles. The van der Waals surface area contributed by atoms with Crippen LogP contribution in [0.2, 0.25) is 0 Å². The highest BCUT2D eigenvalue weighted by Gasteiger charge is 2.47. The van der Waals surface area contributed by atoms with Gasteiger partial charge in [-0.05, 0) is 25.7 Å². The maximum Gasteiger partial charge on any atom is 0.258 e. The van der Waals surface area contributed by atoms with Crippen molar-refractivity contribution < 1.29 is 9.53 Å². The molecule has 1 saturated heterocycles. The highest BCUT2D eigenvalue weighted by atomic mass is 35.5. The number of halogens is 2. The smallest absolute Gasteiger partial charge is 0.258 e. The molecule has 2 fully saturated rings. The molecule has 0 N–H and O–H groups in total. The van der Waals surface area contributed by atoms with Gasteiger partial charge in [0.1, 0.15) is 5.72 Å². The molecule has 0 radical (unpaired) electrons. The van der Waals surface area contributed by atoms with E-state index in [9.17, 15) is 4.79 Å². The summed E-state index contributed by atoms with van der Waals surface area (Å²) in [5, 5.41) is 0. The number of carbonyl (C=O) groups is 1. The van der Waals surface area contributed by atoms with E-state index in [2.05, 4.69) is 0 Å². The van der Waals surface area contributed by atoms with Gasteiger partial charge in [0.05, 0.1) is 6.61 Å². The lowest BCUT2D eigenvalue weighted by atomic mass is 10.1. The van der Waals surface area contributed by atoms with Gasteiger partial charge in [0.15, 0.2) is 4.84 Å². The van der Waals surface area contributed by atoms with Crippen molar-refractivity contribution in [2.24, 2.45) is 0 Å². The Balaban J connectivity index is 2.14. The first-order valence-electron chi connectivity index (χ1n) is 4.89. The van der Waals surface area contributed by atoms with E-state index in [0.717, 1.165) is 25.7 Å². The summed E-state index contributed by atoms with van der Waals surface area (Å²) in [6, 6.07) is 0. The maximum absolute atomic E-state index is 11.7. The van der Waals surface area contributed by atoms with Crippen molar-refractivity contribution in [2.45, 2.75) is 36.2 Å². The summed E-state index contributed by atoms with van der Waals surface area (Å²) in [6.45, 7) is 1.22. The Morgan fingerprint density at radius 3 is 2.57 bits per heavy atom. The summed E-state index contributed by atoms with van der Waals surface area (Å²) >= 11 is 11.2. The second kappa shape index (κ2) is 3.87. The van der Waals surface area contributed by atoms with E-state index in [1.54, 1.807) is 4.90 Å². The van der Waals surface area contributed by atoms with Crippen molar-refractivity contribution in [1.82, 2.24) is 4.90 Å². The molecule has 3 nitrogen and oxygen atoms in total. The Labute approximate surface area is 93.3 Å². The van der Waals surface area contributed by atoms with Gasteiger partial charge in [-0.1, -0.05) is 23.2 Å². The average Bonchev–Trinajstić information content (AvgIpc) is 2.76. The van der Waals surface area contributed by atoms with Crippen LogP contribution in [0.4, 0.5) is 0 Å². The summed E-state index contributed by atoms with van der Waals surface area (Å²) < 4.78 is 5.67. The molecule has 1 saturated carbocycles. The largest absolute Gasteiger partial charge is 0.354 e. The lowest BCUT2D eigenvalue weighted by Gasteiger charge is -2.33. The number of nitrogens with zero attached hydrogens (tertiary/aromatic N) is 1. The van der Waals surface area contributed by atoms with Crippen molar-refractivity contribution >= 4 is 29.1 Å². The minimum atomic E-state index is -0.964. The number of amides is 1. The third-order valence-electron chi connectivity index (χ3n) is 3.02. The second-order valence-electron chi connectivity index (χ2n) is 3.79. The first kappa shape index (κ1) is 10.5. The zero-order valence-corrected chi connectivity index (χ0v) is 9.35. The minimum Gasteiger partial charge on any atom is -0.354 e. The van der Waals surface area contributed by atoms with Crippen LogP contribution in [0, 0.1) is 0 Å². The number of carbonyl (C=O) groups excluding carboxylic acids is 1. The third-order valence-corrected chi connectivity index (χ3v) is 3.39. The lowest BCUT2D eigenvalue weighted by molar-refractivity contribution is -0.146. The van der Waals surface area contributed by atoms with E-state index in [0.29, 0.717) is 13.2 Å². The Kier molecular flexibility index (Phi) is 2.91. The van der Waals surface area contributed by atoms with Gasteiger partial charge in [-0.3, -0.25) is 4.79 Å².